The summed E-state index contributed by atoms with van der Waals surface area (Å²) in [7, 11) is 1.91. The summed E-state index contributed by atoms with van der Waals surface area (Å²) >= 11 is 1.57. The highest BCUT2D eigenvalue weighted by atomic mass is 32.1. The van der Waals surface area contributed by atoms with Gasteiger partial charge < -0.3 is 5.32 Å². The second kappa shape index (κ2) is 3.48. The Balaban J connectivity index is 2.20. The molecule has 3 heteroatoms. The van der Waals surface area contributed by atoms with Crippen LogP contribution in [-0.2, 0) is 0 Å². The van der Waals surface area contributed by atoms with Crippen LogP contribution in [0.2, 0.25) is 0 Å². The molecule has 0 amide bonds. The Hall–Kier alpha value is -0.670. The van der Waals surface area contributed by atoms with E-state index in [0.717, 1.165) is 29.8 Å². The van der Waals surface area contributed by atoms with Crippen molar-refractivity contribution in [3.05, 3.63) is 21.9 Å². The molecule has 2 rings (SSSR count). The van der Waals surface area contributed by atoms with Gasteiger partial charge in [-0.3, -0.25) is 4.79 Å². The highest BCUT2D eigenvalue weighted by Gasteiger charge is 2.49. The molecule has 0 aromatic carbocycles. The molecule has 0 aliphatic heterocycles. The Bertz CT molecular complexity index is 352. The zero-order chi connectivity index (χ0) is 10.2. The molecule has 1 saturated carbocycles. The van der Waals surface area contributed by atoms with Gasteiger partial charge in [0.25, 0.3) is 0 Å². The summed E-state index contributed by atoms with van der Waals surface area (Å²) in [6.45, 7) is 2.84. The molecule has 0 saturated heterocycles. The Morgan fingerprint density at radius 1 is 1.64 bits per heavy atom. The third-order valence-electron chi connectivity index (χ3n) is 2.92. The van der Waals surface area contributed by atoms with Crippen molar-refractivity contribution in [2.45, 2.75) is 19.8 Å². The standard InChI is InChI=1S/C11H15NOS/c1-8-3-6-14-9(8)10(13)11(4-5-11)7-12-2/h3,6,12H,4-5,7H2,1-2H3. The van der Waals surface area contributed by atoms with Crippen LogP contribution in [-0.4, -0.2) is 19.4 Å². The molecule has 76 valence electrons. The van der Waals surface area contributed by atoms with Crippen molar-refractivity contribution in [2.24, 2.45) is 5.41 Å². The average molecular weight is 209 g/mol. The molecular formula is C11H15NOS. The average Bonchev–Trinajstić information content (AvgIpc) is 2.82. The van der Waals surface area contributed by atoms with Gasteiger partial charge >= 0.3 is 0 Å². The van der Waals surface area contributed by atoms with E-state index >= 15 is 0 Å². The minimum atomic E-state index is -0.0651. The van der Waals surface area contributed by atoms with Gasteiger partial charge in [-0.25, -0.2) is 0 Å². The Morgan fingerprint density at radius 3 is 2.79 bits per heavy atom. The molecule has 1 aromatic heterocycles. The summed E-state index contributed by atoms with van der Waals surface area (Å²) in [4.78, 5) is 13.1. The lowest BCUT2D eigenvalue weighted by molar-refractivity contribution is 0.0904. The summed E-state index contributed by atoms with van der Waals surface area (Å²) < 4.78 is 0. The molecule has 0 spiro atoms. The van der Waals surface area contributed by atoms with Crippen molar-refractivity contribution in [1.82, 2.24) is 5.32 Å². The number of aryl methyl sites for hydroxylation is 1. The molecule has 1 fully saturated rings. The van der Waals surface area contributed by atoms with Gasteiger partial charge in [-0.1, -0.05) is 0 Å². The van der Waals surface area contributed by atoms with Crippen LogP contribution in [0.1, 0.15) is 28.1 Å². The van der Waals surface area contributed by atoms with Crippen LogP contribution >= 0.6 is 11.3 Å². The molecule has 2 nitrogen and oxygen atoms in total. The molecule has 1 heterocycles. The molecule has 1 aliphatic carbocycles. The smallest absolute Gasteiger partial charge is 0.180 e. The van der Waals surface area contributed by atoms with Gasteiger partial charge in [-0.15, -0.1) is 11.3 Å². The van der Waals surface area contributed by atoms with E-state index in [1.807, 2.05) is 25.4 Å². The van der Waals surface area contributed by atoms with Crippen molar-refractivity contribution in [1.29, 1.82) is 0 Å². The number of Topliss-reactive ketones (excluding diaryl/α,β-unsaturated/α-hetero) is 1. The lowest BCUT2D eigenvalue weighted by Gasteiger charge is -2.12. The zero-order valence-electron chi connectivity index (χ0n) is 8.59. The van der Waals surface area contributed by atoms with E-state index in [1.165, 1.54) is 0 Å². The number of carbonyl (C=O) groups excluding carboxylic acids is 1. The van der Waals surface area contributed by atoms with Gasteiger partial charge in [0.05, 0.1) is 4.88 Å². The van der Waals surface area contributed by atoms with E-state index in [-0.39, 0.29) is 5.41 Å². The van der Waals surface area contributed by atoms with Crippen LogP contribution in [0.25, 0.3) is 0 Å². The molecular weight excluding hydrogens is 194 g/mol. The summed E-state index contributed by atoms with van der Waals surface area (Å²) in [6, 6.07) is 2.02. The van der Waals surface area contributed by atoms with Crippen LogP contribution in [0.5, 0.6) is 0 Å². The van der Waals surface area contributed by atoms with E-state index in [1.54, 1.807) is 11.3 Å². The lowest BCUT2D eigenvalue weighted by Crippen LogP contribution is -2.27. The van der Waals surface area contributed by atoms with Gasteiger partial charge in [-0.05, 0) is 43.8 Å². The molecule has 1 N–H and O–H groups in total. The van der Waals surface area contributed by atoms with Crippen molar-refractivity contribution in [3.8, 4) is 0 Å². The van der Waals surface area contributed by atoms with Crippen molar-refractivity contribution >= 4 is 17.1 Å². The van der Waals surface area contributed by atoms with E-state index < -0.39 is 0 Å². The topological polar surface area (TPSA) is 29.1 Å². The number of carbonyl (C=O) groups is 1. The molecule has 14 heavy (non-hydrogen) atoms. The van der Waals surface area contributed by atoms with Crippen LogP contribution in [0.3, 0.4) is 0 Å². The van der Waals surface area contributed by atoms with Crippen LogP contribution < -0.4 is 5.32 Å². The minimum Gasteiger partial charge on any atom is -0.319 e. The number of ketones is 1. The zero-order valence-corrected chi connectivity index (χ0v) is 9.41. The van der Waals surface area contributed by atoms with E-state index in [0.29, 0.717) is 5.78 Å². The SMILES string of the molecule is CNCC1(C(=O)c2sccc2C)CC1. The molecule has 1 aromatic rings. The molecule has 0 unspecified atom stereocenters. The quantitative estimate of drug-likeness (QED) is 0.770. The second-order valence-electron chi connectivity index (χ2n) is 4.07. The maximum Gasteiger partial charge on any atom is 0.180 e. The fraction of sp³-hybridized carbons (Fsp3) is 0.545. The predicted molar refractivity (Wildman–Crippen MR) is 59.0 cm³/mol. The van der Waals surface area contributed by atoms with Crippen LogP contribution in [0.4, 0.5) is 0 Å². The largest absolute Gasteiger partial charge is 0.319 e. The van der Waals surface area contributed by atoms with E-state index in [2.05, 4.69) is 5.32 Å². The fourth-order valence-corrected chi connectivity index (χ4v) is 2.81. The lowest BCUT2D eigenvalue weighted by atomic mass is 9.98. The van der Waals surface area contributed by atoms with Crippen molar-refractivity contribution in [3.63, 3.8) is 0 Å². The highest BCUT2D eigenvalue weighted by Crippen LogP contribution is 2.48. The van der Waals surface area contributed by atoms with Gasteiger partial charge in [-0.2, -0.15) is 0 Å². The normalized spacial score (nSPS) is 18.1. The first-order valence-corrected chi connectivity index (χ1v) is 5.81. The van der Waals surface area contributed by atoms with Crippen molar-refractivity contribution in [2.75, 3.05) is 13.6 Å². The van der Waals surface area contributed by atoms with Gasteiger partial charge in [0, 0.05) is 12.0 Å². The maximum atomic E-state index is 12.2. The summed E-state index contributed by atoms with van der Waals surface area (Å²) in [6.07, 6.45) is 2.09. The van der Waals surface area contributed by atoms with Crippen LogP contribution in [0.15, 0.2) is 11.4 Å². The first-order chi connectivity index (χ1) is 6.69. The van der Waals surface area contributed by atoms with Gasteiger partial charge in [0.2, 0.25) is 0 Å². The summed E-state index contributed by atoms with van der Waals surface area (Å²) in [5.74, 6) is 0.347. The number of nitrogens with one attached hydrogen (secondary N) is 1. The first kappa shape index (κ1) is 9.87. The number of hydrogen-bond acceptors (Lipinski definition) is 3. The molecule has 0 radical (unpaired) electrons. The molecule has 0 bridgehead atoms. The molecule has 1 aliphatic rings. The fourth-order valence-electron chi connectivity index (χ4n) is 1.82. The molecule has 0 atom stereocenters. The highest BCUT2D eigenvalue weighted by molar-refractivity contribution is 7.12. The van der Waals surface area contributed by atoms with Gasteiger partial charge in [0.1, 0.15) is 0 Å². The number of rotatable bonds is 4. The third-order valence-corrected chi connectivity index (χ3v) is 3.93. The first-order valence-electron chi connectivity index (χ1n) is 4.93. The Morgan fingerprint density at radius 2 is 2.36 bits per heavy atom. The Kier molecular flexibility index (Phi) is 2.45. The van der Waals surface area contributed by atoms with Crippen LogP contribution in [0, 0.1) is 12.3 Å². The van der Waals surface area contributed by atoms with Gasteiger partial charge in [0.15, 0.2) is 5.78 Å². The summed E-state index contributed by atoms with van der Waals surface area (Å²) in [5.41, 5.74) is 1.06. The number of hydrogen-bond donors (Lipinski definition) is 1. The van der Waals surface area contributed by atoms with Crippen molar-refractivity contribution < 1.29 is 4.79 Å². The number of thiophene rings is 1. The van der Waals surface area contributed by atoms with E-state index in [4.69, 9.17) is 0 Å². The maximum absolute atomic E-state index is 12.2. The monoisotopic (exact) mass is 209 g/mol. The predicted octanol–water partition coefficient (Wildman–Crippen LogP) is 2.24. The Labute approximate surface area is 88.3 Å². The van der Waals surface area contributed by atoms with E-state index in [9.17, 15) is 4.79 Å². The summed E-state index contributed by atoms with van der Waals surface area (Å²) in [5, 5.41) is 5.11. The minimum absolute atomic E-state index is 0.0651. The third kappa shape index (κ3) is 1.51. The second-order valence-corrected chi connectivity index (χ2v) is 4.99.